The van der Waals surface area contributed by atoms with E-state index in [1.54, 1.807) is 17.9 Å². The highest BCUT2D eigenvalue weighted by Crippen LogP contribution is 2.10. The van der Waals surface area contributed by atoms with Crippen LogP contribution in [0.15, 0.2) is 18.2 Å². The minimum absolute atomic E-state index is 0.0628. The summed E-state index contributed by atoms with van der Waals surface area (Å²) in [5, 5.41) is 2.68. The molecule has 0 atom stereocenters. The third kappa shape index (κ3) is 3.56. The second-order valence-corrected chi connectivity index (χ2v) is 5.08. The average Bonchev–Trinajstić information content (AvgIpc) is 2.80. The van der Waals surface area contributed by atoms with Gasteiger partial charge in [-0.2, -0.15) is 0 Å². The van der Waals surface area contributed by atoms with E-state index in [4.69, 9.17) is 0 Å². The summed E-state index contributed by atoms with van der Waals surface area (Å²) in [6.45, 7) is 3.67. The molecule has 0 spiro atoms. The van der Waals surface area contributed by atoms with Crippen molar-refractivity contribution >= 4 is 11.8 Å². The zero-order valence-corrected chi connectivity index (χ0v) is 11.6. The van der Waals surface area contributed by atoms with Gasteiger partial charge in [0.2, 0.25) is 5.91 Å². The molecule has 1 aromatic rings. The van der Waals surface area contributed by atoms with Crippen molar-refractivity contribution in [2.75, 3.05) is 19.6 Å². The smallest absolute Gasteiger partial charge is 0.254 e. The second-order valence-electron chi connectivity index (χ2n) is 5.08. The van der Waals surface area contributed by atoms with Gasteiger partial charge in [0, 0.05) is 26.1 Å². The summed E-state index contributed by atoms with van der Waals surface area (Å²) in [4.78, 5) is 25.0. The van der Waals surface area contributed by atoms with Gasteiger partial charge in [0.25, 0.3) is 5.91 Å². The van der Waals surface area contributed by atoms with Crippen molar-refractivity contribution in [3.63, 3.8) is 0 Å². The van der Waals surface area contributed by atoms with Crippen molar-refractivity contribution < 1.29 is 14.0 Å². The third-order valence-corrected chi connectivity index (χ3v) is 3.43. The summed E-state index contributed by atoms with van der Waals surface area (Å²) in [7, 11) is 0. The highest BCUT2D eigenvalue weighted by molar-refractivity contribution is 5.94. The molecule has 1 aliphatic rings. The Morgan fingerprint density at radius 3 is 2.90 bits per heavy atom. The van der Waals surface area contributed by atoms with Crippen LogP contribution in [0.5, 0.6) is 0 Å². The molecule has 0 bridgehead atoms. The quantitative estimate of drug-likeness (QED) is 0.836. The van der Waals surface area contributed by atoms with E-state index in [2.05, 4.69) is 5.32 Å². The molecule has 0 aliphatic carbocycles. The first kappa shape index (κ1) is 14.5. The standard InChI is InChI=1S/C15H19FN2O2/c1-11-5-6-12(13(16)10-11)15(20)17-7-3-9-18-8-2-4-14(18)19/h5-6,10H,2-4,7-9H2,1H3,(H,17,20). The summed E-state index contributed by atoms with van der Waals surface area (Å²) in [5.74, 6) is -0.728. The van der Waals surface area contributed by atoms with Crippen LogP contribution in [0.2, 0.25) is 0 Å². The molecule has 0 saturated carbocycles. The highest BCUT2D eigenvalue weighted by Gasteiger charge is 2.19. The Balaban J connectivity index is 1.76. The first-order valence-corrected chi connectivity index (χ1v) is 6.90. The van der Waals surface area contributed by atoms with E-state index in [9.17, 15) is 14.0 Å². The number of likely N-dealkylation sites (tertiary alicyclic amines) is 1. The summed E-state index contributed by atoms with van der Waals surface area (Å²) in [5.41, 5.74) is 0.847. The van der Waals surface area contributed by atoms with Gasteiger partial charge in [0.05, 0.1) is 5.56 Å². The highest BCUT2D eigenvalue weighted by atomic mass is 19.1. The molecule has 5 heteroatoms. The van der Waals surface area contributed by atoms with Crippen LogP contribution in [-0.2, 0) is 4.79 Å². The molecule has 0 aromatic heterocycles. The lowest BCUT2D eigenvalue weighted by Gasteiger charge is -2.15. The van der Waals surface area contributed by atoms with E-state index >= 15 is 0 Å². The fourth-order valence-electron chi connectivity index (χ4n) is 2.31. The van der Waals surface area contributed by atoms with Crippen LogP contribution in [0.1, 0.15) is 35.2 Å². The topological polar surface area (TPSA) is 49.4 Å². The maximum atomic E-state index is 13.6. The molecule has 1 aromatic carbocycles. The number of hydrogen-bond donors (Lipinski definition) is 1. The molecule has 1 N–H and O–H groups in total. The molecule has 4 nitrogen and oxygen atoms in total. The van der Waals surface area contributed by atoms with Crippen molar-refractivity contribution in [2.24, 2.45) is 0 Å². The number of nitrogens with zero attached hydrogens (tertiary/aromatic N) is 1. The normalized spacial score (nSPS) is 14.7. The first-order valence-electron chi connectivity index (χ1n) is 6.90. The third-order valence-electron chi connectivity index (χ3n) is 3.43. The van der Waals surface area contributed by atoms with Crippen LogP contribution in [0.4, 0.5) is 4.39 Å². The van der Waals surface area contributed by atoms with Gasteiger partial charge < -0.3 is 10.2 Å². The molecular weight excluding hydrogens is 259 g/mol. The van der Waals surface area contributed by atoms with E-state index in [-0.39, 0.29) is 11.5 Å². The van der Waals surface area contributed by atoms with Crippen molar-refractivity contribution in [3.8, 4) is 0 Å². The Morgan fingerprint density at radius 1 is 1.45 bits per heavy atom. The van der Waals surface area contributed by atoms with Gasteiger partial charge in [-0.3, -0.25) is 9.59 Å². The average molecular weight is 278 g/mol. The zero-order chi connectivity index (χ0) is 14.5. The van der Waals surface area contributed by atoms with Crippen molar-refractivity contribution in [3.05, 3.63) is 35.1 Å². The van der Waals surface area contributed by atoms with Crippen LogP contribution >= 0.6 is 0 Å². The molecule has 1 aliphatic heterocycles. The Morgan fingerprint density at radius 2 is 2.25 bits per heavy atom. The molecule has 1 fully saturated rings. The fraction of sp³-hybridized carbons (Fsp3) is 0.467. The molecule has 2 rings (SSSR count). The lowest BCUT2D eigenvalue weighted by Crippen LogP contribution is -2.31. The first-order chi connectivity index (χ1) is 9.58. The maximum absolute atomic E-state index is 13.6. The lowest BCUT2D eigenvalue weighted by molar-refractivity contribution is -0.127. The van der Waals surface area contributed by atoms with E-state index < -0.39 is 11.7 Å². The molecule has 1 heterocycles. The number of rotatable bonds is 5. The zero-order valence-electron chi connectivity index (χ0n) is 11.6. The number of nitrogens with one attached hydrogen (secondary N) is 1. The minimum atomic E-state index is -0.503. The lowest BCUT2D eigenvalue weighted by atomic mass is 10.1. The predicted molar refractivity (Wildman–Crippen MR) is 73.9 cm³/mol. The van der Waals surface area contributed by atoms with Crippen molar-refractivity contribution in [2.45, 2.75) is 26.2 Å². The SMILES string of the molecule is Cc1ccc(C(=O)NCCCN2CCCC2=O)c(F)c1. The van der Waals surface area contributed by atoms with Crippen LogP contribution < -0.4 is 5.32 Å². The Bertz CT molecular complexity index is 517. The summed E-state index contributed by atoms with van der Waals surface area (Å²) < 4.78 is 13.6. The molecule has 20 heavy (non-hydrogen) atoms. The van der Waals surface area contributed by atoms with Gasteiger partial charge in [-0.15, -0.1) is 0 Å². The predicted octanol–water partition coefficient (Wildman–Crippen LogP) is 1.88. The van der Waals surface area contributed by atoms with Gasteiger partial charge in [-0.25, -0.2) is 4.39 Å². The van der Waals surface area contributed by atoms with Gasteiger partial charge in [0.1, 0.15) is 5.82 Å². The van der Waals surface area contributed by atoms with Crippen LogP contribution in [0, 0.1) is 12.7 Å². The van der Waals surface area contributed by atoms with E-state index in [1.165, 1.54) is 12.1 Å². The molecule has 108 valence electrons. The monoisotopic (exact) mass is 278 g/mol. The summed E-state index contributed by atoms with van der Waals surface area (Å²) in [6.07, 6.45) is 2.23. The number of amides is 2. The number of hydrogen-bond acceptors (Lipinski definition) is 2. The van der Waals surface area contributed by atoms with Crippen molar-refractivity contribution in [1.82, 2.24) is 10.2 Å². The van der Waals surface area contributed by atoms with E-state index in [0.717, 1.165) is 18.5 Å². The number of benzene rings is 1. The van der Waals surface area contributed by atoms with E-state index in [1.807, 2.05) is 0 Å². The minimum Gasteiger partial charge on any atom is -0.352 e. The number of halogens is 1. The van der Waals surface area contributed by atoms with Gasteiger partial charge in [-0.1, -0.05) is 6.07 Å². The molecule has 0 radical (unpaired) electrons. The van der Waals surface area contributed by atoms with Crippen LogP contribution in [0.3, 0.4) is 0 Å². The van der Waals surface area contributed by atoms with Crippen LogP contribution in [0.25, 0.3) is 0 Å². The molecule has 2 amide bonds. The Kier molecular flexibility index (Phi) is 4.71. The van der Waals surface area contributed by atoms with Gasteiger partial charge in [-0.05, 0) is 37.5 Å². The molecule has 0 unspecified atom stereocenters. The Labute approximate surface area is 118 Å². The van der Waals surface area contributed by atoms with Crippen LogP contribution in [-0.4, -0.2) is 36.3 Å². The van der Waals surface area contributed by atoms with Crippen molar-refractivity contribution in [1.29, 1.82) is 0 Å². The summed E-state index contributed by atoms with van der Waals surface area (Å²) in [6, 6.07) is 4.54. The van der Waals surface area contributed by atoms with E-state index in [0.29, 0.717) is 25.9 Å². The Hall–Kier alpha value is -1.91. The number of aryl methyl sites for hydroxylation is 1. The fourth-order valence-corrected chi connectivity index (χ4v) is 2.31. The number of carbonyl (C=O) groups excluding carboxylic acids is 2. The van der Waals surface area contributed by atoms with Gasteiger partial charge in [0.15, 0.2) is 0 Å². The second kappa shape index (κ2) is 6.50. The largest absolute Gasteiger partial charge is 0.352 e. The maximum Gasteiger partial charge on any atom is 0.254 e. The summed E-state index contributed by atoms with van der Waals surface area (Å²) >= 11 is 0. The van der Waals surface area contributed by atoms with Gasteiger partial charge >= 0.3 is 0 Å². The number of carbonyl (C=O) groups is 2. The molecular formula is C15H19FN2O2. The molecule has 1 saturated heterocycles.